The summed E-state index contributed by atoms with van der Waals surface area (Å²) in [5.74, 6) is -4.49. The molecule has 270 valence electrons. The standard InChI is InChI=1S/C40H54N4O6/c1-27(46)21-32(39(2,3)4)38(50)43-44(24-29-16-18-30(19-17-29)33-15-11-12-20-41-33)25-35(48)31(22-28-13-9-8-10-14-28)23-34(47)37(40(5,6)7)42-36(49)26-45/h8-20,31-32,35,37,45,48H,21-26H2,1-7H3,(H,42,49)(H,43,50)/t31-,32-,35+,37-/m1/s1/i5D3,6D3. The van der Waals surface area contributed by atoms with Crippen LogP contribution in [-0.2, 0) is 32.1 Å². The van der Waals surface area contributed by atoms with E-state index in [4.69, 9.17) is 8.22 Å². The van der Waals surface area contributed by atoms with Crippen molar-refractivity contribution in [3.63, 3.8) is 0 Å². The molecule has 0 unspecified atom stereocenters. The van der Waals surface area contributed by atoms with E-state index in [9.17, 15) is 29.4 Å². The number of carbonyl (C=O) groups is 4. The molecule has 0 saturated heterocycles. The van der Waals surface area contributed by atoms with Crippen LogP contribution >= 0.6 is 0 Å². The number of nitrogens with one attached hydrogen (secondary N) is 2. The zero-order valence-corrected chi connectivity index (χ0v) is 29.5. The van der Waals surface area contributed by atoms with Crippen LogP contribution in [0.25, 0.3) is 11.3 Å². The summed E-state index contributed by atoms with van der Waals surface area (Å²) in [5.41, 5.74) is 2.56. The van der Waals surface area contributed by atoms with E-state index in [-0.39, 0.29) is 31.7 Å². The third-order valence-corrected chi connectivity index (χ3v) is 8.51. The predicted molar refractivity (Wildman–Crippen MR) is 194 cm³/mol. The number of aliphatic hydroxyl groups is 2. The summed E-state index contributed by atoms with van der Waals surface area (Å²) in [7, 11) is 0. The first-order valence-electron chi connectivity index (χ1n) is 19.7. The van der Waals surface area contributed by atoms with Crippen LogP contribution in [0.5, 0.6) is 0 Å². The molecule has 4 atom stereocenters. The molecule has 0 bridgehead atoms. The predicted octanol–water partition coefficient (Wildman–Crippen LogP) is 4.93. The first kappa shape index (κ1) is 31.7. The minimum atomic E-state index is -3.27. The second kappa shape index (κ2) is 18.1. The number of pyridine rings is 1. The fraction of sp³-hybridized carbons (Fsp3) is 0.475. The normalized spacial score (nSPS) is 16.6. The monoisotopic (exact) mass is 692 g/mol. The van der Waals surface area contributed by atoms with Gasteiger partial charge in [-0.3, -0.25) is 24.8 Å². The van der Waals surface area contributed by atoms with E-state index in [1.54, 1.807) is 36.5 Å². The lowest BCUT2D eigenvalue weighted by molar-refractivity contribution is -0.138. The summed E-state index contributed by atoms with van der Waals surface area (Å²) in [6.45, 7) is -0.0365. The van der Waals surface area contributed by atoms with Crippen LogP contribution in [0.3, 0.4) is 0 Å². The van der Waals surface area contributed by atoms with Crippen LogP contribution < -0.4 is 10.7 Å². The largest absolute Gasteiger partial charge is 0.391 e. The van der Waals surface area contributed by atoms with E-state index >= 15 is 0 Å². The third-order valence-electron chi connectivity index (χ3n) is 8.51. The van der Waals surface area contributed by atoms with Crippen LogP contribution in [0.2, 0.25) is 0 Å². The van der Waals surface area contributed by atoms with Gasteiger partial charge in [0, 0.05) is 45.9 Å². The van der Waals surface area contributed by atoms with Gasteiger partial charge >= 0.3 is 0 Å². The Hall–Kier alpha value is -4.25. The Kier molecular flexibility index (Phi) is 11.5. The summed E-state index contributed by atoms with van der Waals surface area (Å²) in [6, 6.07) is 19.7. The fourth-order valence-electron chi connectivity index (χ4n) is 5.76. The number of ketones is 2. The number of aliphatic hydroxyl groups excluding tert-OH is 2. The number of Topliss-reactive ketones (excluding diaryl/α,β-unsaturated/α-hetero) is 2. The molecule has 1 heterocycles. The van der Waals surface area contributed by atoms with Crippen molar-refractivity contribution in [2.45, 2.75) is 86.3 Å². The fourth-order valence-corrected chi connectivity index (χ4v) is 5.76. The van der Waals surface area contributed by atoms with Gasteiger partial charge in [-0.15, -0.1) is 0 Å². The maximum atomic E-state index is 14.2. The highest BCUT2D eigenvalue weighted by atomic mass is 16.3. The van der Waals surface area contributed by atoms with Gasteiger partial charge in [-0.2, -0.15) is 0 Å². The van der Waals surface area contributed by atoms with Gasteiger partial charge in [0.05, 0.1) is 23.8 Å². The number of hydrazine groups is 1. The van der Waals surface area contributed by atoms with E-state index < -0.39 is 79.1 Å². The molecule has 0 radical (unpaired) electrons. The van der Waals surface area contributed by atoms with Crippen molar-refractivity contribution in [3.8, 4) is 11.3 Å². The minimum absolute atomic E-state index is 0.0255. The molecule has 4 N–H and O–H groups in total. The number of hydrogen-bond acceptors (Lipinski definition) is 8. The lowest BCUT2D eigenvalue weighted by Crippen LogP contribution is -2.52. The average Bonchev–Trinajstić information content (AvgIpc) is 3.11. The molecular formula is C40H54N4O6. The molecule has 0 fully saturated rings. The lowest BCUT2D eigenvalue weighted by atomic mass is 9.77. The first-order chi connectivity index (χ1) is 26.0. The number of carbonyl (C=O) groups excluding carboxylic acids is 4. The zero-order chi connectivity index (χ0) is 42.1. The average molecular weight is 693 g/mol. The van der Waals surface area contributed by atoms with Crippen molar-refractivity contribution in [2.75, 3.05) is 13.2 Å². The Bertz CT molecular complexity index is 1750. The van der Waals surface area contributed by atoms with Gasteiger partial charge in [0.1, 0.15) is 12.4 Å². The van der Waals surface area contributed by atoms with Gasteiger partial charge in [-0.1, -0.05) is 102 Å². The van der Waals surface area contributed by atoms with E-state index in [2.05, 4.69) is 15.7 Å². The topological polar surface area (TPSA) is 149 Å². The molecule has 3 aromatic rings. The highest BCUT2D eigenvalue weighted by molar-refractivity contribution is 5.90. The summed E-state index contributed by atoms with van der Waals surface area (Å²) < 4.78 is 48.9. The molecule has 0 aliphatic carbocycles. The molecule has 50 heavy (non-hydrogen) atoms. The first-order valence-corrected chi connectivity index (χ1v) is 16.7. The van der Waals surface area contributed by atoms with E-state index in [1.807, 2.05) is 63.2 Å². The number of rotatable bonds is 17. The minimum Gasteiger partial charge on any atom is -0.391 e. The van der Waals surface area contributed by atoms with Gasteiger partial charge in [-0.25, -0.2) is 5.01 Å². The van der Waals surface area contributed by atoms with E-state index in [0.717, 1.165) is 23.7 Å². The number of amides is 2. The second-order valence-corrected chi connectivity index (χ2v) is 14.1. The maximum absolute atomic E-state index is 14.2. The van der Waals surface area contributed by atoms with Crippen LogP contribution in [-0.4, -0.2) is 68.9 Å². The number of hydrogen-bond donors (Lipinski definition) is 4. The molecule has 2 amide bonds. The zero-order valence-electron chi connectivity index (χ0n) is 35.5. The highest BCUT2D eigenvalue weighted by Gasteiger charge is 2.37. The van der Waals surface area contributed by atoms with Crippen LogP contribution in [0.4, 0.5) is 0 Å². The molecule has 10 heteroatoms. The Morgan fingerprint density at radius 3 is 2.10 bits per heavy atom. The maximum Gasteiger partial charge on any atom is 0.246 e. The SMILES string of the molecule is [2H]C([2H])([2H])C(C)([C@H](NC(=O)CO)C(=O)C[C@@H](Cc1ccccc1)[C@@H](O)CN(Cc1ccc(-c2ccccn2)cc1)NC(=O)[C@@H](CC(C)=O)C(C)(C)C)C([2H])([2H])[2H]. The van der Waals surface area contributed by atoms with E-state index in [0.29, 0.717) is 5.56 Å². The van der Waals surface area contributed by atoms with Crippen molar-refractivity contribution in [1.82, 2.24) is 20.7 Å². The lowest BCUT2D eigenvalue weighted by Gasteiger charge is -2.35. The van der Waals surface area contributed by atoms with Gasteiger partial charge in [0.25, 0.3) is 0 Å². The summed E-state index contributed by atoms with van der Waals surface area (Å²) >= 11 is 0. The molecule has 10 nitrogen and oxygen atoms in total. The number of aromatic nitrogens is 1. The van der Waals surface area contributed by atoms with Crippen LogP contribution in [0, 0.1) is 22.7 Å². The number of nitrogens with zero attached hydrogens (tertiary/aromatic N) is 2. The summed E-state index contributed by atoms with van der Waals surface area (Å²) in [6.07, 6.45) is -0.247. The van der Waals surface area contributed by atoms with Crippen molar-refractivity contribution in [3.05, 3.63) is 90.1 Å². The van der Waals surface area contributed by atoms with Crippen LogP contribution in [0.1, 0.15) is 80.5 Å². The summed E-state index contributed by atoms with van der Waals surface area (Å²) in [5, 5.41) is 25.1. The molecule has 2 aromatic carbocycles. The molecular weight excluding hydrogens is 632 g/mol. The Morgan fingerprint density at radius 2 is 1.54 bits per heavy atom. The van der Waals surface area contributed by atoms with Crippen LogP contribution in [0.15, 0.2) is 79.0 Å². The van der Waals surface area contributed by atoms with Crippen molar-refractivity contribution in [2.24, 2.45) is 22.7 Å². The molecule has 1 aromatic heterocycles. The second-order valence-electron chi connectivity index (χ2n) is 14.1. The summed E-state index contributed by atoms with van der Waals surface area (Å²) in [4.78, 5) is 57.2. The van der Waals surface area contributed by atoms with Gasteiger partial charge in [0.15, 0.2) is 5.78 Å². The van der Waals surface area contributed by atoms with E-state index in [1.165, 1.54) is 11.9 Å². The Balaban J connectivity index is 2.06. The molecule has 0 aliphatic heterocycles. The van der Waals surface area contributed by atoms with Gasteiger partial charge in [-0.05, 0) is 53.4 Å². The third kappa shape index (κ3) is 12.6. The highest BCUT2D eigenvalue weighted by Crippen LogP contribution is 2.30. The molecule has 0 spiro atoms. The van der Waals surface area contributed by atoms with Gasteiger partial charge in [0.2, 0.25) is 11.8 Å². The van der Waals surface area contributed by atoms with Gasteiger partial charge < -0.3 is 20.3 Å². The smallest absolute Gasteiger partial charge is 0.246 e. The van der Waals surface area contributed by atoms with Crippen molar-refractivity contribution >= 4 is 23.4 Å². The Labute approximate surface area is 305 Å². The quantitative estimate of drug-likeness (QED) is 0.146. The molecule has 0 aliphatic rings. The number of benzene rings is 2. The molecule has 0 saturated carbocycles. The molecule has 3 rings (SSSR count). The van der Waals surface area contributed by atoms with Crippen molar-refractivity contribution in [1.29, 1.82) is 0 Å². The van der Waals surface area contributed by atoms with Crippen molar-refractivity contribution < 1.29 is 37.6 Å². The Morgan fingerprint density at radius 1 is 0.880 bits per heavy atom.